The van der Waals surface area contributed by atoms with Gasteiger partial charge < -0.3 is 10.5 Å². The fourth-order valence-corrected chi connectivity index (χ4v) is 1.97. The molecule has 3 heteroatoms. The molecule has 92 valence electrons. The second-order valence-electron chi connectivity index (χ2n) is 4.63. The maximum Gasteiger partial charge on any atom is 0.0853 e. The number of nitrogens with two attached hydrogens (primary N) is 1. The molecule has 1 aliphatic heterocycles. The average Bonchev–Trinajstić information content (AvgIpc) is 2.29. The van der Waals surface area contributed by atoms with Crippen LogP contribution in [0.4, 0.5) is 0 Å². The van der Waals surface area contributed by atoms with Crippen LogP contribution in [0.2, 0.25) is 0 Å². The summed E-state index contributed by atoms with van der Waals surface area (Å²) < 4.78 is 5.74. The quantitative estimate of drug-likeness (QED) is 0.730. The molecule has 1 heterocycles. The maximum atomic E-state index is 6.13. The highest BCUT2D eigenvalue weighted by Gasteiger charge is 2.26. The molecular weight excluding hydrogens is 200 g/mol. The molecule has 0 radical (unpaired) electrons. The van der Waals surface area contributed by atoms with Gasteiger partial charge in [-0.3, -0.25) is 4.90 Å². The summed E-state index contributed by atoms with van der Waals surface area (Å²) in [5.74, 6) is 5.95. The van der Waals surface area contributed by atoms with Crippen LogP contribution >= 0.6 is 0 Å². The van der Waals surface area contributed by atoms with Crippen LogP contribution in [0.5, 0.6) is 0 Å². The van der Waals surface area contributed by atoms with E-state index in [9.17, 15) is 0 Å². The molecule has 0 bridgehead atoms. The molecule has 0 aromatic rings. The molecule has 0 saturated carbocycles. The Morgan fingerprint density at radius 1 is 1.50 bits per heavy atom. The fraction of sp³-hybridized carbons (Fsp3) is 0.846. The Morgan fingerprint density at radius 2 is 2.25 bits per heavy atom. The minimum Gasteiger partial charge on any atom is -0.374 e. The number of hydrogen-bond acceptors (Lipinski definition) is 3. The lowest BCUT2D eigenvalue weighted by Crippen LogP contribution is -2.52. The highest BCUT2D eigenvalue weighted by Crippen LogP contribution is 2.13. The third kappa shape index (κ3) is 4.13. The van der Waals surface area contributed by atoms with E-state index in [-0.39, 0.29) is 12.1 Å². The zero-order chi connectivity index (χ0) is 12.0. The van der Waals surface area contributed by atoms with Crippen LogP contribution in [-0.2, 0) is 4.74 Å². The van der Waals surface area contributed by atoms with Crippen LogP contribution in [0.25, 0.3) is 0 Å². The molecule has 0 aromatic heterocycles. The summed E-state index contributed by atoms with van der Waals surface area (Å²) in [5.41, 5.74) is 6.13. The van der Waals surface area contributed by atoms with Crippen LogP contribution in [0.3, 0.4) is 0 Å². The first-order valence-electron chi connectivity index (χ1n) is 6.16. The van der Waals surface area contributed by atoms with Crippen molar-refractivity contribution in [1.29, 1.82) is 0 Å². The largest absolute Gasteiger partial charge is 0.374 e. The molecule has 1 fully saturated rings. The van der Waals surface area contributed by atoms with Crippen molar-refractivity contribution in [2.24, 2.45) is 5.73 Å². The zero-order valence-corrected chi connectivity index (χ0v) is 10.7. The van der Waals surface area contributed by atoms with E-state index in [1.165, 1.54) is 0 Å². The normalized spacial score (nSPS) is 23.9. The topological polar surface area (TPSA) is 38.5 Å². The van der Waals surface area contributed by atoms with Gasteiger partial charge in [0.1, 0.15) is 0 Å². The maximum absolute atomic E-state index is 6.13. The van der Waals surface area contributed by atoms with Crippen LogP contribution in [0, 0.1) is 11.8 Å². The molecule has 1 saturated heterocycles. The highest BCUT2D eigenvalue weighted by atomic mass is 16.5. The molecule has 0 aromatic carbocycles. The molecule has 2 atom stereocenters. The predicted molar refractivity (Wildman–Crippen MR) is 67.1 cm³/mol. The summed E-state index contributed by atoms with van der Waals surface area (Å²) in [7, 11) is 0. The van der Waals surface area contributed by atoms with Crippen LogP contribution in [0.15, 0.2) is 0 Å². The van der Waals surface area contributed by atoms with Gasteiger partial charge in [0.2, 0.25) is 0 Å². The van der Waals surface area contributed by atoms with E-state index in [1.807, 2.05) is 6.92 Å². The van der Waals surface area contributed by atoms with E-state index in [0.29, 0.717) is 6.04 Å². The third-order valence-electron chi connectivity index (χ3n) is 3.11. The second-order valence-corrected chi connectivity index (χ2v) is 4.63. The van der Waals surface area contributed by atoms with Gasteiger partial charge in [-0.05, 0) is 27.2 Å². The summed E-state index contributed by atoms with van der Waals surface area (Å²) in [6.07, 6.45) is 1.98. The van der Waals surface area contributed by atoms with Crippen LogP contribution < -0.4 is 5.73 Å². The first-order valence-corrected chi connectivity index (χ1v) is 6.16. The van der Waals surface area contributed by atoms with E-state index in [1.54, 1.807) is 0 Å². The Morgan fingerprint density at radius 3 is 2.88 bits per heavy atom. The van der Waals surface area contributed by atoms with Crippen molar-refractivity contribution in [1.82, 2.24) is 4.90 Å². The lowest BCUT2D eigenvalue weighted by Gasteiger charge is -2.37. The first kappa shape index (κ1) is 13.5. The molecule has 0 amide bonds. The Kier molecular flexibility index (Phi) is 5.83. The van der Waals surface area contributed by atoms with E-state index in [2.05, 4.69) is 30.6 Å². The Hall–Kier alpha value is -0.560. The molecule has 2 unspecified atom stereocenters. The van der Waals surface area contributed by atoms with Gasteiger partial charge in [0.25, 0.3) is 0 Å². The summed E-state index contributed by atoms with van der Waals surface area (Å²) >= 11 is 0. The number of hydrogen-bond donors (Lipinski definition) is 1. The van der Waals surface area contributed by atoms with Crippen molar-refractivity contribution < 1.29 is 4.74 Å². The smallest absolute Gasteiger partial charge is 0.0853 e. The summed E-state index contributed by atoms with van der Waals surface area (Å²) in [6.45, 7) is 9.08. The molecule has 0 spiro atoms. The zero-order valence-electron chi connectivity index (χ0n) is 10.7. The lowest BCUT2D eigenvalue weighted by molar-refractivity contribution is -0.0504. The molecule has 0 aliphatic carbocycles. The number of rotatable bonds is 4. The minimum absolute atomic E-state index is 0.113. The molecular formula is C13H24N2O. The summed E-state index contributed by atoms with van der Waals surface area (Å²) in [5, 5.41) is 0. The van der Waals surface area contributed by atoms with Gasteiger partial charge in [-0.25, -0.2) is 0 Å². The van der Waals surface area contributed by atoms with Crippen LogP contribution in [0.1, 0.15) is 33.6 Å². The lowest BCUT2D eigenvalue weighted by atomic mass is 10.0. The van der Waals surface area contributed by atoms with Gasteiger partial charge in [0.05, 0.1) is 12.7 Å². The van der Waals surface area contributed by atoms with E-state index < -0.39 is 0 Å². The second kappa shape index (κ2) is 6.90. The Balaban J connectivity index is 2.36. The summed E-state index contributed by atoms with van der Waals surface area (Å²) in [4.78, 5) is 2.43. The first-order chi connectivity index (χ1) is 7.65. The van der Waals surface area contributed by atoms with Crippen molar-refractivity contribution in [3.63, 3.8) is 0 Å². The molecule has 3 nitrogen and oxygen atoms in total. The van der Waals surface area contributed by atoms with Gasteiger partial charge in [-0.15, -0.1) is 11.8 Å². The number of nitrogens with zero attached hydrogens (tertiary/aromatic N) is 1. The molecule has 1 rings (SSSR count). The van der Waals surface area contributed by atoms with Crippen molar-refractivity contribution >= 4 is 0 Å². The predicted octanol–water partition coefficient (Wildman–Crippen LogP) is 1.23. The third-order valence-corrected chi connectivity index (χ3v) is 3.11. The molecule has 2 N–H and O–H groups in total. The van der Waals surface area contributed by atoms with Crippen LogP contribution in [-0.4, -0.2) is 42.8 Å². The van der Waals surface area contributed by atoms with Crippen molar-refractivity contribution in [3.05, 3.63) is 0 Å². The van der Waals surface area contributed by atoms with Gasteiger partial charge in [0, 0.05) is 31.6 Å². The SMILES string of the molecule is CC#CCCC(N)C1CN(C(C)C)CCO1. The van der Waals surface area contributed by atoms with Crippen molar-refractivity contribution in [3.8, 4) is 11.8 Å². The monoisotopic (exact) mass is 224 g/mol. The highest BCUT2D eigenvalue weighted by molar-refractivity contribution is 4.96. The van der Waals surface area contributed by atoms with E-state index >= 15 is 0 Å². The number of ether oxygens (including phenoxy) is 1. The molecule has 16 heavy (non-hydrogen) atoms. The van der Waals surface area contributed by atoms with Crippen molar-refractivity contribution in [2.75, 3.05) is 19.7 Å². The van der Waals surface area contributed by atoms with Gasteiger partial charge in [0.15, 0.2) is 0 Å². The van der Waals surface area contributed by atoms with Crippen molar-refractivity contribution in [2.45, 2.75) is 51.8 Å². The van der Waals surface area contributed by atoms with Gasteiger partial charge >= 0.3 is 0 Å². The Bertz CT molecular complexity index is 254. The van der Waals surface area contributed by atoms with E-state index in [4.69, 9.17) is 10.5 Å². The summed E-state index contributed by atoms with van der Waals surface area (Å²) in [6, 6.07) is 0.691. The van der Waals surface area contributed by atoms with Gasteiger partial charge in [-0.2, -0.15) is 0 Å². The number of morpholine rings is 1. The van der Waals surface area contributed by atoms with Gasteiger partial charge in [-0.1, -0.05) is 0 Å². The minimum atomic E-state index is 0.113. The Labute approximate surface area is 99.3 Å². The standard InChI is InChI=1S/C13H24N2O/c1-4-5-6-7-12(14)13-10-15(11(2)3)8-9-16-13/h11-13H,6-10,14H2,1-3H3. The fourth-order valence-electron chi connectivity index (χ4n) is 1.97. The molecule has 1 aliphatic rings. The average molecular weight is 224 g/mol. The van der Waals surface area contributed by atoms with E-state index in [0.717, 1.165) is 32.5 Å².